The van der Waals surface area contributed by atoms with Crippen molar-refractivity contribution in [1.82, 2.24) is 10.2 Å². The van der Waals surface area contributed by atoms with Crippen LogP contribution in [0.1, 0.15) is 18.1 Å². The number of benzene rings is 1. The molecule has 2 aliphatic heterocycles. The van der Waals surface area contributed by atoms with Crippen molar-refractivity contribution in [2.24, 2.45) is 0 Å². The Morgan fingerprint density at radius 2 is 2.27 bits per heavy atom. The third-order valence-corrected chi connectivity index (χ3v) is 5.07. The molecule has 0 aliphatic carbocycles. The maximum atomic E-state index is 14.5. The van der Waals surface area contributed by atoms with Crippen LogP contribution >= 0.6 is 11.8 Å². The average molecular weight is 323 g/mol. The van der Waals surface area contributed by atoms with Gasteiger partial charge < -0.3 is 15.5 Å². The van der Waals surface area contributed by atoms with Gasteiger partial charge in [-0.2, -0.15) is 0 Å². The smallest absolute Gasteiger partial charge is 0.248 e. The van der Waals surface area contributed by atoms with Crippen molar-refractivity contribution in [1.29, 1.82) is 0 Å². The second-order valence-corrected chi connectivity index (χ2v) is 6.49. The summed E-state index contributed by atoms with van der Waals surface area (Å²) in [5, 5.41) is 5.84. The fraction of sp³-hybridized carbons (Fsp3) is 0.467. The van der Waals surface area contributed by atoms with Gasteiger partial charge >= 0.3 is 0 Å². The summed E-state index contributed by atoms with van der Waals surface area (Å²) in [5.74, 6) is 0.232. The van der Waals surface area contributed by atoms with E-state index >= 15 is 0 Å². The number of fused-ring (bicyclic) bond motifs is 1. The highest BCUT2D eigenvalue weighted by Gasteiger charge is 2.33. The zero-order chi connectivity index (χ0) is 15.7. The number of rotatable bonds is 2. The van der Waals surface area contributed by atoms with Gasteiger partial charge in [-0.05, 0) is 30.2 Å². The predicted octanol–water partition coefficient (Wildman–Crippen LogP) is 1.33. The molecule has 1 atom stereocenters. The van der Waals surface area contributed by atoms with Gasteiger partial charge in [-0.25, -0.2) is 4.39 Å². The molecule has 22 heavy (non-hydrogen) atoms. The molecule has 1 fully saturated rings. The number of halogens is 1. The predicted molar refractivity (Wildman–Crippen MR) is 84.1 cm³/mol. The van der Waals surface area contributed by atoms with Gasteiger partial charge in [-0.15, -0.1) is 11.8 Å². The molecule has 0 aromatic heterocycles. The molecule has 1 unspecified atom stereocenters. The summed E-state index contributed by atoms with van der Waals surface area (Å²) in [5.41, 5.74) is 1.80. The van der Waals surface area contributed by atoms with E-state index in [-0.39, 0.29) is 23.3 Å². The van der Waals surface area contributed by atoms with Crippen molar-refractivity contribution in [3.05, 3.63) is 29.1 Å². The van der Waals surface area contributed by atoms with Gasteiger partial charge in [0.15, 0.2) is 0 Å². The van der Waals surface area contributed by atoms with Gasteiger partial charge in [-0.1, -0.05) is 6.07 Å². The van der Waals surface area contributed by atoms with E-state index in [0.717, 1.165) is 12.1 Å². The van der Waals surface area contributed by atoms with Crippen LogP contribution in [0.15, 0.2) is 12.1 Å². The van der Waals surface area contributed by atoms with Gasteiger partial charge in [0, 0.05) is 19.2 Å². The summed E-state index contributed by atoms with van der Waals surface area (Å²) in [4.78, 5) is 25.4. The first-order chi connectivity index (χ1) is 10.6. The molecule has 0 spiro atoms. The Balaban J connectivity index is 1.78. The highest BCUT2D eigenvalue weighted by atomic mass is 32.2. The standard InChI is InChI=1S/C15H18FN3O2S/c1-9(20)19-8-22-7-13(19)15(21)18-12-3-2-10-6-17-5-4-11(10)14(12)16/h2-3,13,17H,4-8H2,1H3,(H,18,21). The van der Waals surface area contributed by atoms with Crippen LogP contribution < -0.4 is 10.6 Å². The molecule has 0 bridgehead atoms. The van der Waals surface area contributed by atoms with Crippen molar-refractivity contribution in [2.75, 3.05) is 23.5 Å². The maximum absolute atomic E-state index is 14.5. The van der Waals surface area contributed by atoms with Crippen molar-refractivity contribution in [3.63, 3.8) is 0 Å². The lowest BCUT2D eigenvalue weighted by Crippen LogP contribution is -2.43. The van der Waals surface area contributed by atoms with Crippen LogP contribution in [0.4, 0.5) is 10.1 Å². The summed E-state index contributed by atoms with van der Waals surface area (Å²) in [7, 11) is 0. The molecule has 5 nitrogen and oxygen atoms in total. The topological polar surface area (TPSA) is 61.4 Å². The number of carbonyl (C=O) groups is 2. The fourth-order valence-corrected chi connectivity index (χ4v) is 4.03. The van der Waals surface area contributed by atoms with E-state index < -0.39 is 6.04 Å². The first kappa shape index (κ1) is 15.3. The molecule has 0 saturated carbocycles. The van der Waals surface area contributed by atoms with Crippen LogP contribution in [0.25, 0.3) is 0 Å². The van der Waals surface area contributed by atoms with E-state index in [4.69, 9.17) is 0 Å². The number of amides is 2. The first-order valence-corrected chi connectivity index (χ1v) is 8.40. The Hall–Kier alpha value is -1.60. The van der Waals surface area contributed by atoms with Gasteiger partial charge in [-0.3, -0.25) is 9.59 Å². The second kappa shape index (κ2) is 6.26. The number of anilines is 1. The summed E-state index contributed by atoms with van der Waals surface area (Å²) in [6.07, 6.45) is 0.615. The molecule has 0 radical (unpaired) electrons. The molecular weight excluding hydrogens is 305 g/mol. The van der Waals surface area contributed by atoms with Gasteiger partial charge in [0.2, 0.25) is 11.8 Å². The SMILES string of the molecule is CC(=O)N1CSCC1C(=O)Nc1ccc2c(c1F)CCNC2. The lowest BCUT2D eigenvalue weighted by Gasteiger charge is -2.23. The van der Waals surface area contributed by atoms with Crippen molar-refractivity contribution >= 4 is 29.3 Å². The minimum Gasteiger partial charge on any atom is -0.322 e. The fourth-order valence-electron chi connectivity index (χ4n) is 2.82. The van der Waals surface area contributed by atoms with Crippen LogP contribution in [0.3, 0.4) is 0 Å². The lowest BCUT2D eigenvalue weighted by molar-refractivity contribution is -0.134. The van der Waals surface area contributed by atoms with E-state index in [1.807, 2.05) is 6.07 Å². The normalized spacial score (nSPS) is 20.6. The second-order valence-electron chi connectivity index (χ2n) is 5.49. The molecule has 1 aromatic rings. The number of nitrogens with zero attached hydrogens (tertiary/aromatic N) is 1. The molecule has 118 valence electrons. The Labute approximate surface area is 132 Å². The lowest BCUT2D eigenvalue weighted by atomic mass is 9.99. The van der Waals surface area contributed by atoms with Crippen LogP contribution in [-0.2, 0) is 22.6 Å². The Kier molecular flexibility index (Phi) is 4.35. The number of hydrogen-bond acceptors (Lipinski definition) is 4. The summed E-state index contributed by atoms with van der Waals surface area (Å²) in [6.45, 7) is 2.83. The quantitative estimate of drug-likeness (QED) is 0.862. The molecule has 3 rings (SSSR count). The van der Waals surface area contributed by atoms with Crippen molar-refractivity contribution in [2.45, 2.75) is 25.9 Å². The van der Waals surface area contributed by atoms with Gasteiger partial charge in [0.05, 0.1) is 11.6 Å². The number of thioether (sulfide) groups is 1. The van der Waals surface area contributed by atoms with E-state index in [9.17, 15) is 14.0 Å². The van der Waals surface area contributed by atoms with Crippen molar-refractivity contribution in [3.8, 4) is 0 Å². The largest absolute Gasteiger partial charge is 0.322 e. The summed E-state index contributed by atoms with van der Waals surface area (Å²) < 4.78 is 14.5. The molecule has 2 heterocycles. The van der Waals surface area contributed by atoms with Crippen molar-refractivity contribution < 1.29 is 14.0 Å². The molecule has 2 amide bonds. The zero-order valence-electron chi connectivity index (χ0n) is 12.3. The highest BCUT2D eigenvalue weighted by molar-refractivity contribution is 7.99. The van der Waals surface area contributed by atoms with Crippen LogP contribution in [0, 0.1) is 5.82 Å². The molecule has 1 saturated heterocycles. The van der Waals surface area contributed by atoms with E-state index in [1.165, 1.54) is 23.6 Å². The van der Waals surface area contributed by atoms with Crippen LogP contribution in [-0.4, -0.2) is 40.9 Å². The first-order valence-electron chi connectivity index (χ1n) is 7.24. The minimum absolute atomic E-state index is 0.137. The molecular formula is C15H18FN3O2S. The average Bonchev–Trinajstić information content (AvgIpc) is 3.00. The van der Waals surface area contributed by atoms with Crippen LogP contribution in [0.5, 0.6) is 0 Å². The third kappa shape index (κ3) is 2.83. The Morgan fingerprint density at radius 1 is 1.45 bits per heavy atom. The van der Waals surface area contributed by atoms with Gasteiger partial charge in [0.25, 0.3) is 0 Å². The monoisotopic (exact) mass is 323 g/mol. The van der Waals surface area contributed by atoms with E-state index in [1.54, 1.807) is 6.07 Å². The minimum atomic E-state index is -0.528. The highest BCUT2D eigenvalue weighted by Crippen LogP contribution is 2.26. The number of carbonyl (C=O) groups excluding carboxylic acids is 2. The maximum Gasteiger partial charge on any atom is 0.248 e. The zero-order valence-corrected chi connectivity index (χ0v) is 13.1. The Morgan fingerprint density at radius 3 is 3.05 bits per heavy atom. The third-order valence-electron chi connectivity index (χ3n) is 4.05. The van der Waals surface area contributed by atoms with Gasteiger partial charge in [0.1, 0.15) is 11.9 Å². The van der Waals surface area contributed by atoms with E-state index in [0.29, 0.717) is 30.2 Å². The Bertz CT molecular complexity index is 623. The number of nitrogens with one attached hydrogen (secondary N) is 2. The van der Waals surface area contributed by atoms with E-state index in [2.05, 4.69) is 10.6 Å². The molecule has 2 N–H and O–H groups in total. The molecule has 1 aromatic carbocycles. The summed E-state index contributed by atoms with van der Waals surface area (Å²) in [6, 6.07) is 2.91. The molecule has 7 heteroatoms. The molecule has 2 aliphatic rings. The summed E-state index contributed by atoms with van der Waals surface area (Å²) >= 11 is 1.53. The number of hydrogen-bond donors (Lipinski definition) is 2. The van der Waals surface area contributed by atoms with Crippen LogP contribution in [0.2, 0.25) is 0 Å².